The van der Waals surface area contributed by atoms with Crippen LogP contribution in [-0.4, -0.2) is 10.4 Å². The van der Waals surface area contributed by atoms with Gasteiger partial charge in [0.15, 0.2) is 5.78 Å². The van der Waals surface area contributed by atoms with Crippen LogP contribution >= 0.6 is 0 Å². The summed E-state index contributed by atoms with van der Waals surface area (Å²) in [6.45, 7) is 4.63. The van der Waals surface area contributed by atoms with E-state index in [1.165, 1.54) is 57.4 Å². The summed E-state index contributed by atoms with van der Waals surface area (Å²) < 4.78 is 4.34. The zero-order valence-corrected chi connectivity index (χ0v) is 13.6. The molecule has 0 aliphatic carbocycles. The summed E-state index contributed by atoms with van der Waals surface area (Å²) in [5.74, 6) is 0.186. The van der Waals surface area contributed by atoms with Gasteiger partial charge in [-0.1, -0.05) is 45.1 Å². The maximum atomic E-state index is 11.0. The molecule has 1 heterocycles. The largest absolute Gasteiger partial charge is 0.295 e. The van der Waals surface area contributed by atoms with Gasteiger partial charge in [-0.25, -0.2) is 9.13 Å². The van der Waals surface area contributed by atoms with Crippen LogP contribution in [0.3, 0.4) is 0 Å². The Morgan fingerprint density at radius 2 is 1.62 bits per heavy atom. The Kier molecular flexibility index (Phi) is 9.51. The number of imidazole rings is 1. The molecular weight excluding hydrogens is 260 g/mol. The summed E-state index contributed by atoms with van der Waals surface area (Å²) in [5, 5.41) is 0. The number of hydrogen-bond acceptors (Lipinski definition) is 1. The summed E-state index contributed by atoms with van der Waals surface area (Å²) in [5.41, 5.74) is 0. The zero-order chi connectivity index (χ0) is 15.3. The van der Waals surface area contributed by atoms with E-state index in [0.29, 0.717) is 6.42 Å². The van der Waals surface area contributed by atoms with Gasteiger partial charge < -0.3 is 0 Å². The molecule has 0 aromatic carbocycles. The molecule has 0 radical (unpaired) electrons. The smallest absolute Gasteiger partial charge is 0.243 e. The molecule has 0 aliphatic heterocycles. The molecule has 1 aromatic rings. The number of carbonyl (C=O) groups is 1. The number of unbranched alkanes of at least 4 members (excludes halogenated alkanes) is 8. The molecule has 21 heavy (non-hydrogen) atoms. The average Bonchev–Trinajstić information content (AvgIpc) is 2.90. The molecule has 0 bridgehead atoms. The van der Waals surface area contributed by atoms with Gasteiger partial charge in [-0.05, 0) is 25.3 Å². The fourth-order valence-corrected chi connectivity index (χ4v) is 2.57. The fraction of sp³-hybridized carbons (Fsp3) is 0.667. The maximum absolute atomic E-state index is 11.0. The quantitative estimate of drug-likeness (QED) is 0.307. The predicted molar refractivity (Wildman–Crippen MR) is 87.0 cm³/mol. The Morgan fingerprint density at radius 1 is 1.05 bits per heavy atom. The van der Waals surface area contributed by atoms with Crippen molar-refractivity contribution in [2.75, 3.05) is 0 Å². The van der Waals surface area contributed by atoms with E-state index in [0.717, 1.165) is 13.0 Å². The van der Waals surface area contributed by atoms with Gasteiger partial charge in [0.1, 0.15) is 12.4 Å². The number of aromatic nitrogens is 2. The van der Waals surface area contributed by atoms with Crippen LogP contribution in [0.1, 0.15) is 64.2 Å². The number of nitrogens with zero attached hydrogens (tertiary/aromatic N) is 2. The van der Waals surface area contributed by atoms with E-state index in [1.807, 2.05) is 0 Å². The molecule has 0 unspecified atom stereocenters. The van der Waals surface area contributed by atoms with E-state index < -0.39 is 0 Å². The third-order valence-corrected chi connectivity index (χ3v) is 3.89. The Labute approximate surface area is 129 Å². The van der Waals surface area contributed by atoms with Gasteiger partial charge in [0.25, 0.3) is 0 Å². The summed E-state index contributed by atoms with van der Waals surface area (Å²) in [6, 6.07) is 0. The molecule has 0 saturated carbocycles. The molecule has 0 saturated heterocycles. The minimum absolute atomic E-state index is 0.186. The van der Waals surface area contributed by atoms with Gasteiger partial charge in [0.05, 0.1) is 13.6 Å². The highest BCUT2D eigenvalue weighted by molar-refractivity contribution is 5.88. The topological polar surface area (TPSA) is 25.9 Å². The monoisotopic (exact) mass is 291 g/mol. The van der Waals surface area contributed by atoms with Gasteiger partial charge in [0.2, 0.25) is 6.33 Å². The average molecular weight is 291 g/mol. The van der Waals surface area contributed by atoms with Gasteiger partial charge in [0, 0.05) is 6.42 Å². The standard InChI is InChI=1S/C18H31N2O/c1-3-18(21)13-11-9-7-5-4-6-8-10-12-14-20-16-15-19(2)17-20/h3,15-17H,1,4-14H2,2H3/q+1. The Hall–Kier alpha value is -1.38. The highest BCUT2D eigenvalue weighted by atomic mass is 16.1. The lowest BCUT2D eigenvalue weighted by Crippen LogP contribution is -2.23. The SMILES string of the molecule is C=CC(=O)CCCCCCCCCCCn1cc[n+](C)c1. The summed E-state index contributed by atoms with van der Waals surface area (Å²) in [4.78, 5) is 11.0. The second kappa shape index (κ2) is 11.3. The van der Waals surface area contributed by atoms with Crippen molar-refractivity contribution in [1.29, 1.82) is 0 Å². The van der Waals surface area contributed by atoms with Crippen LogP contribution in [0, 0.1) is 0 Å². The van der Waals surface area contributed by atoms with Gasteiger partial charge >= 0.3 is 0 Å². The van der Waals surface area contributed by atoms with Crippen LogP contribution in [0.2, 0.25) is 0 Å². The lowest BCUT2D eigenvalue weighted by Gasteiger charge is -2.02. The summed E-state index contributed by atoms with van der Waals surface area (Å²) in [7, 11) is 2.06. The van der Waals surface area contributed by atoms with Gasteiger partial charge in [-0.3, -0.25) is 4.79 Å². The number of hydrogen-bond donors (Lipinski definition) is 0. The second-order valence-electron chi connectivity index (χ2n) is 5.92. The molecular formula is C18H31N2O+. The molecule has 1 aromatic heterocycles. The van der Waals surface area contributed by atoms with E-state index >= 15 is 0 Å². The predicted octanol–water partition coefficient (Wildman–Crippen LogP) is 3.97. The lowest BCUT2D eigenvalue weighted by molar-refractivity contribution is -0.671. The second-order valence-corrected chi connectivity index (χ2v) is 5.92. The minimum atomic E-state index is 0.186. The molecule has 0 amide bonds. The molecule has 1 rings (SSSR count). The first kappa shape index (κ1) is 17.7. The molecule has 3 heteroatoms. The summed E-state index contributed by atoms with van der Waals surface area (Å²) in [6.07, 6.45) is 19.9. The van der Waals surface area contributed by atoms with Crippen LogP contribution < -0.4 is 4.57 Å². The van der Waals surface area contributed by atoms with Crippen LogP contribution in [0.4, 0.5) is 0 Å². The maximum Gasteiger partial charge on any atom is 0.243 e. The van der Waals surface area contributed by atoms with Crippen LogP contribution in [0.15, 0.2) is 31.4 Å². The van der Waals surface area contributed by atoms with Gasteiger partial charge in [-0.2, -0.15) is 0 Å². The van der Waals surface area contributed by atoms with Gasteiger partial charge in [-0.15, -0.1) is 0 Å². The minimum Gasteiger partial charge on any atom is -0.295 e. The van der Waals surface area contributed by atoms with E-state index in [2.05, 4.69) is 41.5 Å². The van der Waals surface area contributed by atoms with Crippen molar-refractivity contribution < 1.29 is 9.36 Å². The first-order valence-corrected chi connectivity index (χ1v) is 8.38. The highest BCUT2D eigenvalue weighted by Gasteiger charge is 1.99. The Bertz CT molecular complexity index is 409. The normalized spacial score (nSPS) is 10.7. The summed E-state index contributed by atoms with van der Waals surface area (Å²) >= 11 is 0. The molecule has 0 fully saturated rings. The van der Waals surface area contributed by atoms with Crippen molar-refractivity contribution in [1.82, 2.24) is 4.57 Å². The van der Waals surface area contributed by atoms with Crippen molar-refractivity contribution in [3.63, 3.8) is 0 Å². The lowest BCUT2D eigenvalue weighted by atomic mass is 10.1. The third kappa shape index (κ3) is 9.22. The number of carbonyl (C=O) groups excluding carboxylic acids is 1. The van der Waals surface area contributed by atoms with E-state index in [-0.39, 0.29) is 5.78 Å². The van der Waals surface area contributed by atoms with Crippen molar-refractivity contribution in [2.45, 2.75) is 70.8 Å². The van der Waals surface area contributed by atoms with E-state index in [9.17, 15) is 4.79 Å². The first-order valence-electron chi connectivity index (χ1n) is 8.38. The van der Waals surface area contributed by atoms with Crippen molar-refractivity contribution in [3.05, 3.63) is 31.4 Å². The number of allylic oxidation sites excluding steroid dienone is 1. The molecule has 0 aliphatic rings. The first-order chi connectivity index (χ1) is 10.2. The molecule has 0 N–H and O–H groups in total. The van der Waals surface area contributed by atoms with Crippen LogP contribution in [-0.2, 0) is 18.4 Å². The molecule has 118 valence electrons. The molecule has 3 nitrogen and oxygen atoms in total. The molecule has 0 spiro atoms. The van der Waals surface area contributed by atoms with Crippen molar-refractivity contribution in [2.24, 2.45) is 7.05 Å². The van der Waals surface area contributed by atoms with Crippen molar-refractivity contribution >= 4 is 5.78 Å². The van der Waals surface area contributed by atoms with E-state index in [4.69, 9.17) is 0 Å². The van der Waals surface area contributed by atoms with E-state index in [1.54, 1.807) is 0 Å². The third-order valence-electron chi connectivity index (χ3n) is 3.89. The number of rotatable bonds is 13. The number of aryl methyl sites for hydroxylation is 2. The fourth-order valence-electron chi connectivity index (χ4n) is 2.57. The van der Waals surface area contributed by atoms with Crippen molar-refractivity contribution in [3.8, 4) is 0 Å². The highest BCUT2D eigenvalue weighted by Crippen LogP contribution is 2.11. The van der Waals surface area contributed by atoms with Crippen LogP contribution in [0.5, 0.6) is 0 Å². The van der Waals surface area contributed by atoms with Crippen LogP contribution in [0.25, 0.3) is 0 Å². The molecule has 0 atom stereocenters. The Morgan fingerprint density at radius 3 is 2.14 bits per heavy atom. The number of ketones is 1. The Balaban J connectivity index is 1.80. The zero-order valence-electron chi connectivity index (χ0n) is 13.6.